The Balaban J connectivity index is 1.73. The molecule has 1 fully saturated rings. The van der Waals surface area contributed by atoms with Gasteiger partial charge in [-0.15, -0.1) is 0 Å². The first-order chi connectivity index (χ1) is 18.0. The smallest absolute Gasteiger partial charge is 0.295 e. The van der Waals surface area contributed by atoms with Gasteiger partial charge in [0.15, 0.2) is 11.5 Å². The van der Waals surface area contributed by atoms with E-state index < -0.39 is 17.7 Å². The van der Waals surface area contributed by atoms with Gasteiger partial charge in [0.05, 0.1) is 39.0 Å². The lowest BCUT2D eigenvalue weighted by atomic mass is 9.95. The molecule has 1 atom stereocenters. The SMILES string of the molecule is CCCOc1ccc(/C(O)=C2\C(=O)C(=O)N(CCC[n+]3cc[nH]c3)C2c2ccc(OC)c(OC)c2)cc1. The number of aryl methyl sites for hydroxylation is 1. The Morgan fingerprint density at radius 2 is 1.84 bits per heavy atom. The second-order valence-corrected chi connectivity index (χ2v) is 8.68. The number of nitrogens with one attached hydrogen (secondary N) is 1. The molecule has 1 aliphatic heterocycles. The van der Waals surface area contributed by atoms with Crippen LogP contribution in [0.5, 0.6) is 17.2 Å². The molecule has 0 saturated carbocycles. The molecule has 1 unspecified atom stereocenters. The number of aliphatic hydroxyl groups excluding tert-OH is 1. The lowest BCUT2D eigenvalue weighted by Gasteiger charge is -2.25. The molecule has 1 saturated heterocycles. The van der Waals surface area contributed by atoms with E-state index in [0.29, 0.717) is 54.5 Å². The number of H-pyrrole nitrogens is 1. The quantitative estimate of drug-likeness (QED) is 0.178. The van der Waals surface area contributed by atoms with E-state index in [1.54, 1.807) is 42.5 Å². The maximum atomic E-state index is 13.3. The van der Waals surface area contributed by atoms with E-state index in [-0.39, 0.29) is 11.3 Å². The Hall–Kier alpha value is -4.27. The van der Waals surface area contributed by atoms with Crippen molar-refractivity contribution in [3.8, 4) is 17.2 Å². The predicted octanol–water partition coefficient (Wildman–Crippen LogP) is 3.62. The fourth-order valence-electron chi connectivity index (χ4n) is 4.45. The van der Waals surface area contributed by atoms with Crippen LogP contribution < -0.4 is 18.8 Å². The zero-order valence-electron chi connectivity index (χ0n) is 21.3. The lowest BCUT2D eigenvalue weighted by Crippen LogP contribution is -2.36. The van der Waals surface area contributed by atoms with Crippen LogP contribution in [0.3, 0.4) is 0 Å². The van der Waals surface area contributed by atoms with Crippen LogP contribution in [-0.4, -0.2) is 54.1 Å². The summed E-state index contributed by atoms with van der Waals surface area (Å²) in [6.07, 6.45) is 7.03. The zero-order chi connectivity index (χ0) is 26.4. The third kappa shape index (κ3) is 5.45. The summed E-state index contributed by atoms with van der Waals surface area (Å²) in [6, 6.07) is 11.3. The van der Waals surface area contributed by atoms with Crippen molar-refractivity contribution in [2.24, 2.45) is 0 Å². The van der Waals surface area contributed by atoms with Crippen molar-refractivity contribution in [2.75, 3.05) is 27.4 Å². The number of carbonyl (C=O) groups is 2. The second-order valence-electron chi connectivity index (χ2n) is 8.68. The van der Waals surface area contributed by atoms with Gasteiger partial charge in [-0.3, -0.25) is 14.6 Å². The molecule has 3 aromatic rings. The number of hydrogen-bond acceptors (Lipinski definition) is 6. The van der Waals surface area contributed by atoms with Gasteiger partial charge in [0.25, 0.3) is 11.7 Å². The predicted molar refractivity (Wildman–Crippen MR) is 136 cm³/mol. The Bertz CT molecular complexity index is 1270. The van der Waals surface area contributed by atoms with Crippen molar-refractivity contribution in [1.82, 2.24) is 9.88 Å². The van der Waals surface area contributed by atoms with E-state index in [9.17, 15) is 14.7 Å². The summed E-state index contributed by atoms with van der Waals surface area (Å²) >= 11 is 0. The summed E-state index contributed by atoms with van der Waals surface area (Å²) < 4.78 is 18.4. The third-order valence-electron chi connectivity index (χ3n) is 6.28. The molecule has 2 N–H and O–H groups in total. The monoisotopic (exact) mass is 506 g/mol. The van der Waals surface area contributed by atoms with Gasteiger partial charge in [-0.2, -0.15) is 0 Å². The number of amides is 1. The molecule has 1 aliphatic rings. The topological polar surface area (TPSA) is 105 Å². The summed E-state index contributed by atoms with van der Waals surface area (Å²) in [4.78, 5) is 31.0. The summed E-state index contributed by atoms with van der Waals surface area (Å²) in [7, 11) is 3.06. The highest BCUT2D eigenvalue weighted by Gasteiger charge is 2.46. The number of ether oxygens (including phenoxy) is 3. The number of nitrogens with zero attached hydrogens (tertiary/aromatic N) is 2. The number of likely N-dealkylation sites (tertiary alicyclic amines) is 1. The first-order valence-corrected chi connectivity index (χ1v) is 12.2. The summed E-state index contributed by atoms with van der Waals surface area (Å²) in [6.45, 7) is 3.58. The van der Waals surface area contributed by atoms with Crippen molar-refractivity contribution in [3.05, 3.63) is 77.9 Å². The highest BCUT2D eigenvalue weighted by Crippen LogP contribution is 2.42. The van der Waals surface area contributed by atoms with Crippen LogP contribution in [0.4, 0.5) is 0 Å². The lowest BCUT2D eigenvalue weighted by molar-refractivity contribution is -0.695. The molecule has 0 radical (unpaired) electrons. The molecular formula is C28H32N3O6+. The number of aliphatic hydroxyl groups is 1. The standard InChI is InChI=1S/C28H31N3O6/c1-4-16-37-21-9-6-19(7-10-21)26(32)24-25(20-8-11-22(35-2)23(17-20)36-3)31(28(34)27(24)33)14-5-13-30-15-12-29-18-30/h6-12,15,17-18,25H,4-5,13-14,16H2,1-3H3,(H,32,33)/p+1. The van der Waals surface area contributed by atoms with Gasteiger partial charge in [0.1, 0.15) is 23.9 Å². The van der Waals surface area contributed by atoms with Crippen molar-refractivity contribution in [3.63, 3.8) is 0 Å². The van der Waals surface area contributed by atoms with E-state index >= 15 is 0 Å². The number of methoxy groups -OCH3 is 2. The summed E-state index contributed by atoms with van der Waals surface area (Å²) in [5, 5.41) is 11.3. The van der Waals surface area contributed by atoms with Crippen molar-refractivity contribution < 1.29 is 33.5 Å². The number of rotatable bonds is 11. The number of benzene rings is 2. The van der Waals surface area contributed by atoms with Crippen molar-refractivity contribution in [2.45, 2.75) is 32.4 Å². The second kappa shape index (κ2) is 11.6. The van der Waals surface area contributed by atoms with Crippen LogP contribution in [0.2, 0.25) is 0 Å². The average Bonchev–Trinajstić information content (AvgIpc) is 3.53. The molecule has 4 rings (SSSR count). The molecule has 1 aromatic heterocycles. The minimum Gasteiger partial charge on any atom is -0.507 e. The van der Waals surface area contributed by atoms with E-state index in [1.807, 2.05) is 30.2 Å². The van der Waals surface area contributed by atoms with Crippen LogP contribution in [0.15, 0.2) is 66.8 Å². The third-order valence-corrected chi connectivity index (χ3v) is 6.28. The maximum absolute atomic E-state index is 13.3. The minimum atomic E-state index is -0.785. The maximum Gasteiger partial charge on any atom is 0.295 e. The normalized spacial score (nSPS) is 16.7. The van der Waals surface area contributed by atoms with E-state index in [0.717, 1.165) is 6.42 Å². The van der Waals surface area contributed by atoms with Crippen LogP contribution >= 0.6 is 0 Å². The summed E-state index contributed by atoms with van der Waals surface area (Å²) in [5.74, 6) is 0.0436. The van der Waals surface area contributed by atoms with Crippen LogP contribution in [0.1, 0.15) is 36.9 Å². The number of ketones is 1. The highest BCUT2D eigenvalue weighted by molar-refractivity contribution is 6.46. The van der Waals surface area contributed by atoms with Crippen LogP contribution in [0.25, 0.3) is 5.76 Å². The molecular weight excluding hydrogens is 474 g/mol. The number of hydrogen-bond donors (Lipinski definition) is 2. The minimum absolute atomic E-state index is 0.0359. The van der Waals surface area contributed by atoms with E-state index in [4.69, 9.17) is 14.2 Å². The molecule has 9 nitrogen and oxygen atoms in total. The highest BCUT2D eigenvalue weighted by atomic mass is 16.5. The Kier molecular flexibility index (Phi) is 8.12. The molecule has 37 heavy (non-hydrogen) atoms. The largest absolute Gasteiger partial charge is 0.507 e. The van der Waals surface area contributed by atoms with Gasteiger partial charge in [-0.25, -0.2) is 4.57 Å². The first-order valence-electron chi connectivity index (χ1n) is 12.2. The molecule has 194 valence electrons. The molecule has 2 aromatic carbocycles. The Morgan fingerprint density at radius 1 is 1.08 bits per heavy atom. The van der Waals surface area contributed by atoms with E-state index in [1.165, 1.54) is 19.1 Å². The number of aromatic amines is 1. The molecule has 0 aliphatic carbocycles. The van der Waals surface area contributed by atoms with Crippen molar-refractivity contribution in [1.29, 1.82) is 0 Å². The number of Topliss-reactive ketones (excluding diaryl/α,β-unsaturated/α-hetero) is 1. The molecule has 0 spiro atoms. The first kappa shape index (κ1) is 25.8. The molecule has 0 bridgehead atoms. The van der Waals surface area contributed by atoms with Crippen LogP contribution in [-0.2, 0) is 16.1 Å². The molecule has 2 heterocycles. The van der Waals surface area contributed by atoms with Gasteiger partial charge in [-0.05, 0) is 48.4 Å². The molecule has 1 amide bonds. The summed E-state index contributed by atoms with van der Waals surface area (Å²) in [5.41, 5.74) is 1.10. The van der Waals surface area contributed by atoms with Crippen LogP contribution in [0, 0.1) is 0 Å². The molecule has 9 heteroatoms. The average molecular weight is 507 g/mol. The Morgan fingerprint density at radius 3 is 2.49 bits per heavy atom. The number of aromatic nitrogens is 2. The number of carbonyl (C=O) groups excluding carboxylic acids is 2. The zero-order valence-corrected chi connectivity index (χ0v) is 21.3. The van der Waals surface area contributed by atoms with Gasteiger partial charge in [0, 0.05) is 18.5 Å². The van der Waals surface area contributed by atoms with Gasteiger partial charge >= 0.3 is 0 Å². The fourth-order valence-corrected chi connectivity index (χ4v) is 4.45. The number of imidazole rings is 1. The van der Waals surface area contributed by atoms with Gasteiger partial charge in [0.2, 0.25) is 6.33 Å². The van der Waals surface area contributed by atoms with E-state index in [2.05, 4.69) is 4.98 Å². The van der Waals surface area contributed by atoms with Gasteiger partial charge < -0.3 is 24.2 Å². The fraction of sp³-hybridized carbons (Fsp3) is 0.321. The van der Waals surface area contributed by atoms with Gasteiger partial charge in [-0.1, -0.05) is 13.0 Å². The van der Waals surface area contributed by atoms with Crippen molar-refractivity contribution >= 4 is 17.4 Å². The Labute approximate surface area is 215 Å².